The van der Waals surface area contributed by atoms with Gasteiger partial charge < -0.3 is 10.2 Å². The van der Waals surface area contributed by atoms with Gasteiger partial charge in [-0.05, 0) is 31.7 Å². The molecule has 2 atom stereocenters. The zero-order valence-electron chi connectivity index (χ0n) is 10.9. The van der Waals surface area contributed by atoms with Crippen molar-refractivity contribution < 1.29 is 10.2 Å². The van der Waals surface area contributed by atoms with Crippen molar-refractivity contribution in [2.45, 2.75) is 63.5 Å². The van der Waals surface area contributed by atoms with Crippen molar-refractivity contribution in [3.63, 3.8) is 0 Å². The van der Waals surface area contributed by atoms with Gasteiger partial charge in [-0.1, -0.05) is 32.1 Å². The molecule has 0 spiro atoms. The molecule has 1 aliphatic carbocycles. The molecule has 3 heteroatoms. The third-order valence-corrected chi connectivity index (χ3v) is 4.49. The fourth-order valence-electron chi connectivity index (χ4n) is 3.48. The molecule has 0 unspecified atom stereocenters. The fourth-order valence-corrected chi connectivity index (χ4v) is 3.48. The van der Waals surface area contributed by atoms with Gasteiger partial charge in [0.2, 0.25) is 0 Å². The Morgan fingerprint density at radius 3 is 2.47 bits per heavy atom. The lowest BCUT2D eigenvalue weighted by atomic mass is 9.97. The first kappa shape index (κ1) is 13.3. The molecule has 3 nitrogen and oxygen atoms in total. The van der Waals surface area contributed by atoms with Crippen LogP contribution in [0.2, 0.25) is 0 Å². The van der Waals surface area contributed by atoms with Gasteiger partial charge in [-0.3, -0.25) is 4.90 Å². The smallest absolute Gasteiger partial charge is 0.0669 e. The molecule has 0 aromatic heterocycles. The molecule has 0 bridgehead atoms. The van der Waals surface area contributed by atoms with E-state index in [2.05, 4.69) is 4.90 Å². The summed E-state index contributed by atoms with van der Waals surface area (Å²) in [6.45, 7) is 2.06. The molecule has 1 aliphatic heterocycles. The maximum Gasteiger partial charge on any atom is 0.0669 e. The van der Waals surface area contributed by atoms with Crippen LogP contribution >= 0.6 is 0 Å². The van der Waals surface area contributed by atoms with Gasteiger partial charge in [-0.2, -0.15) is 0 Å². The minimum Gasteiger partial charge on any atom is -0.395 e. The first-order valence-corrected chi connectivity index (χ1v) is 7.32. The second-order valence-electron chi connectivity index (χ2n) is 5.87. The molecule has 17 heavy (non-hydrogen) atoms. The lowest BCUT2D eigenvalue weighted by Crippen LogP contribution is -2.45. The van der Waals surface area contributed by atoms with Crippen molar-refractivity contribution in [3.8, 4) is 0 Å². The minimum absolute atomic E-state index is 0.190. The van der Waals surface area contributed by atoms with Crippen LogP contribution in [0.5, 0.6) is 0 Å². The normalized spacial score (nSPS) is 29.6. The molecule has 1 saturated heterocycles. The average Bonchev–Trinajstić information content (AvgIpc) is 2.82. The van der Waals surface area contributed by atoms with Gasteiger partial charge in [-0.25, -0.2) is 0 Å². The summed E-state index contributed by atoms with van der Waals surface area (Å²) in [4.78, 5) is 2.29. The van der Waals surface area contributed by atoms with Crippen molar-refractivity contribution in [1.29, 1.82) is 0 Å². The Hall–Kier alpha value is -0.120. The molecule has 0 aromatic carbocycles. The lowest BCUT2D eigenvalue weighted by Gasteiger charge is -2.36. The summed E-state index contributed by atoms with van der Waals surface area (Å²) in [7, 11) is 0. The van der Waals surface area contributed by atoms with Crippen LogP contribution in [0.25, 0.3) is 0 Å². The van der Waals surface area contributed by atoms with Crippen LogP contribution in [0.4, 0.5) is 0 Å². The summed E-state index contributed by atoms with van der Waals surface area (Å²) in [5, 5.41) is 19.5. The first-order chi connectivity index (χ1) is 8.29. The molecule has 1 heterocycles. The van der Waals surface area contributed by atoms with Crippen LogP contribution in [0.3, 0.4) is 0 Å². The van der Waals surface area contributed by atoms with Crippen LogP contribution in [0.15, 0.2) is 0 Å². The van der Waals surface area contributed by atoms with E-state index in [-0.39, 0.29) is 12.7 Å². The highest BCUT2D eigenvalue weighted by Gasteiger charge is 2.25. The zero-order valence-corrected chi connectivity index (χ0v) is 10.9. The number of hydrogen-bond acceptors (Lipinski definition) is 3. The Morgan fingerprint density at radius 1 is 1.06 bits per heavy atom. The second kappa shape index (κ2) is 6.72. The molecule has 2 aliphatic rings. The van der Waals surface area contributed by atoms with Gasteiger partial charge in [0.25, 0.3) is 0 Å². The van der Waals surface area contributed by atoms with E-state index in [9.17, 15) is 10.2 Å². The van der Waals surface area contributed by atoms with Crippen molar-refractivity contribution in [3.05, 3.63) is 0 Å². The van der Waals surface area contributed by atoms with Gasteiger partial charge in [0, 0.05) is 12.6 Å². The number of nitrogens with zero attached hydrogens (tertiary/aromatic N) is 1. The standard InChI is InChI=1S/C14H27NO2/c16-11-13-7-3-4-8-15(13)10-14(17)9-12-5-1-2-6-12/h12-14,16-17H,1-11H2/t13-,14-/m1/s1. The highest BCUT2D eigenvalue weighted by Crippen LogP contribution is 2.29. The Labute approximate surface area is 105 Å². The second-order valence-corrected chi connectivity index (χ2v) is 5.87. The number of piperidine rings is 1. The van der Waals surface area contributed by atoms with Gasteiger partial charge in [0.15, 0.2) is 0 Å². The molecular formula is C14H27NO2. The van der Waals surface area contributed by atoms with Gasteiger partial charge in [0.05, 0.1) is 12.7 Å². The summed E-state index contributed by atoms with van der Waals surface area (Å²) >= 11 is 0. The first-order valence-electron chi connectivity index (χ1n) is 7.32. The van der Waals surface area contributed by atoms with E-state index in [4.69, 9.17) is 0 Å². The predicted molar refractivity (Wildman–Crippen MR) is 68.9 cm³/mol. The van der Waals surface area contributed by atoms with Crippen LogP contribution in [0, 0.1) is 5.92 Å². The van der Waals surface area contributed by atoms with Crippen LogP contribution in [0.1, 0.15) is 51.4 Å². The number of likely N-dealkylation sites (tertiary alicyclic amines) is 1. The van der Waals surface area contributed by atoms with Crippen LogP contribution in [-0.2, 0) is 0 Å². The van der Waals surface area contributed by atoms with Crippen LogP contribution in [-0.4, -0.2) is 47.0 Å². The Kier molecular flexibility index (Phi) is 5.26. The minimum atomic E-state index is -0.190. The van der Waals surface area contributed by atoms with Crippen molar-refractivity contribution >= 4 is 0 Å². The van der Waals surface area contributed by atoms with Gasteiger partial charge in [-0.15, -0.1) is 0 Å². The summed E-state index contributed by atoms with van der Waals surface area (Å²) in [5.41, 5.74) is 0. The van der Waals surface area contributed by atoms with E-state index in [0.29, 0.717) is 6.04 Å². The molecule has 0 aromatic rings. The van der Waals surface area contributed by atoms with E-state index < -0.39 is 0 Å². The lowest BCUT2D eigenvalue weighted by molar-refractivity contribution is 0.0333. The molecular weight excluding hydrogens is 214 g/mol. The largest absolute Gasteiger partial charge is 0.395 e. The molecule has 2 N–H and O–H groups in total. The highest BCUT2D eigenvalue weighted by molar-refractivity contribution is 4.80. The number of rotatable bonds is 5. The van der Waals surface area contributed by atoms with Crippen molar-refractivity contribution in [2.75, 3.05) is 19.7 Å². The van der Waals surface area contributed by atoms with Gasteiger partial charge >= 0.3 is 0 Å². The highest BCUT2D eigenvalue weighted by atomic mass is 16.3. The van der Waals surface area contributed by atoms with Crippen molar-refractivity contribution in [2.24, 2.45) is 5.92 Å². The maximum atomic E-state index is 10.2. The number of β-amino-alcohol motifs (C(OH)–C–C–N with tert-alkyl or cyclic N) is 1. The van der Waals surface area contributed by atoms with Crippen LogP contribution < -0.4 is 0 Å². The molecule has 2 fully saturated rings. The molecule has 2 rings (SSSR count). The number of aliphatic hydroxyl groups is 2. The third kappa shape index (κ3) is 3.94. The maximum absolute atomic E-state index is 10.2. The van der Waals surface area contributed by atoms with E-state index in [1.54, 1.807) is 0 Å². The summed E-state index contributed by atoms with van der Waals surface area (Å²) < 4.78 is 0. The van der Waals surface area contributed by atoms with E-state index in [1.807, 2.05) is 0 Å². The van der Waals surface area contributed by atoms with E-state index >= 15 is 0 Å². The summed E-state index contributed by atoms with van der Waals surface area (Å²) in [6, 6.07) is 0.293. The van der Waals surface area contributed by atoms with E-state index in [1.165, 1.54) is 38.5 Å². The zero-order chi connectivity index (χ0) is 12.1. The Morgan fingerprint density at radius 2 is 1.76 bits per heavy atom. The SMILES string of the molecule is OC[C@H]1CCCCN1C[C@H](O)CC1CCCC1. The topological polar surface area (TPSA) is 43.7 Å². The monoisotopic (exact) mass is 241 g/mol. The molecule has 0 amide bonds. The van der Waals surface area contributed by atoms with Gasteiger partial charge in [0.1, 0.15) is 0 Å². The Balaban J connectivity index is 1.73. The molecule has 100 valence electrons. The van der Waals surface area contributed by atoms with E-state index in [0.717, 1.165) is 31.8 Å². The quantitative estimate of drug-likeness (QED) is 0.771. The summed E-state index contributed by atoms with van der Waals surface area (Å²) in [6.07, 6.45) is 9.61. The average molecular weight is 241 g/mol. The third-order valence-electron chi connectivity index (χ3n) is 4.49. The van der Waals surface area contributed by atoms with Crippen molar-refractivity contribution in [1.82, 2.24) is 4.90 Å². The predicted octanol–water partition coefficient (Wildman–Crippen LogP) is 1.77. The number of hydrogen-bond donors (Lipinski definition) is 2. The summed E-state index contributed by atoms with van der Waals surface area (Å²) in [5.74, 6) is 0.752. The number of aliphatic hydroxyl groups excluding tert-OH is 2. The Bertz CT molecular complexity index is 216. The fraction of sp³-hybridized carbons (Fsp3) is 1.00. The molecule has 1 saturated carbocycles. The molecule has 0 radical (unpaired) electrons.